The van der Waals surface area contributed by atoms with E-state index in [0.29, 0.717) is 6.54 Å². The van der Waals surface area contributed by atoms with Crippen LogP contribution in [0.25, 0.3) is 0 Å². The first kappa shape index (κ1) is 12.4. The van der Waals surface area contributed by atoms with Crippen molar-refractivity contribution < 1.29 is 9.21 Å². The van der Waals surface area contributed by atoms with E-state index in [1.165, 1.54) is 12.3 Å². The third kappa shape index (κ3) is 4.25. The molecule has 0 unspecified atom stereocenters. The van der Waals surface area contributed by atoms with Gasteiger partial charge in [0.05, 0.1) is 6.26 Å². The van der Waals surface area contributed by atoms with Crippen molar-refractivity contribution in [2.45, 2.75) is 6.54 Å². The number of hydrogen-bond donors (Lipinski definition) is 1. The van der Waals surface area contributed by atoms with E-state index in [1.807, 2.05) is 12.1 Å². The lowest BCUT2D eigenvalue weighted by Gasteiger charge is -1.89. The Morgan fingerprint density at radius 1 is 1.44 bits per heavy atom. The normalized spacial score (nSPS) is 9.12. The van der Waals surface area contributed by atoms with Crippen LogP contribution < -0.4 is 5.73 Å². The van der Waals surface area contributed by atoms with Crippen molar-refractivity contribution in [3.63, 3.8) is 0 Å². The van der Waals surface area contributed by atoms with E-state index < -0.39 is 5.24 Å². The molecule has 4 nitrogen and oxygen atoms in total. The number of aromatic nitrogens is 1. The zero-order chi connectivity index (χ0) is 11.8. The van der Waals surface area contributed by atoms with Crippen molar-refractivity contribution in [3.8, 4) is 0 Å². The first-order chi connectivity index (χ1) is 7.74. The summed E-state index contributed by atoms with van der Waals surface area (Å²) in [6, 6.07) is 6.94. The summed E-state index contributed by atoms with van der Waals surface area (Å²) in [5.74, 6) is 0.187. The SMILES string of the molecule is NCc1cccnc1.O=C(Cl)c1ccco1. The number of pyridine rings is 1. The van der Waals surface area contributed by atoms with Gasteiger partial charge in [-0.2, -0.15) is 0 Å². The number of furan rings is 1. The number of rotatable bonds is 2. The number of nitrogens with two attached hydrogens (primary N) is 1. The summed E-state index contributed by atoms with van der Waals surface area (Å²) in [5.41, 5.74) is 6.39. The van der Waals surface area contributed by atoms with E-state index in [1.54, 1.807) is 18.5 Å². The van der Waals surface area contributed by atoms with Crippen LogP contribution in [0.5, 0.6) is 0 Å². The van der Waals surface area contributed by atoms with Crippen LogP contribution in [0.2, 0.25) is 0 Å². The van der Waals surface area contributed by atoms with Gasteiger partial charge in [-0.3, -0.25) is 9.78 Å². The zero-order valence-corrected chi connectivity index (χ0v) is 9.22. The Kier molecular flexibility index (Phi) is 5.25. The Labute approximate surface area is 98.0 Å². The largest absolute Gasteiger partial charge is 0.460 e. The molecular formula is C11H11ClN2O2. The highest BCUT2D eigenvalue weighted by Gasteiger charge is 2.00. The molecule has 0 amide bonds. The summed E-state index contributed by atoms with van der Waals surface area (Å²) in [6.07, 6.45) is 4.90. The third-order valence-corrected chi connectivity index (χ3v) is 1.86. The Morgan fingerprint density at radius 3 is 2.56 bits per heavy atom. The third-order valence-electron chi connectivity index (χ3n) is 1.67. The molecule has 0 fully saturated rings. The average Bonchev–Trinajstić information content (AvgIpc) is 2.85. The van der Waals surface area contributed by atoms with E-state index in [0.717, 1.165) is 5.56 Å². The van der Waals surface area contributed by atoms with Crippen LogP contribution in [-0.2, 0) is 6.54 Å². The van der Waals surface area contributed by atoms with Gasteiger partial charge in [0, 0.05) is 18.9 Å². The molecule has 0 atom stereocenters. The molecule has 2 rings (SSSR count). The first-order valence-corrected chi connectivity index (χ1v) is 4.94. The highest BCUT2D eigenvalue weighted by molar-refractivity contribution is 6.67. The predicted molar refractivity (Wildman–Crippen MR) is 61.0 cm³/mol. The van der Waals surface area contributed by atoms with E-state index >= 15 is 0 Å². The summed E-state index contributed by atoms with van der Waals surface area (Å²) < 4.78 is 4.61. The lowest BCUT2D eigenvalue weighted by molar-refractivity contribution is 0.105. The van der Waals surface area contributed by atoms with Gasteiger partial charge in [0.25, 0.3) is 5.24 Å². The number of halogens is 1. The maximum Gasteiger partial charge on any atom is 0.287 e. The Morgan fingerprint density at radius 2 is 2.25 bits per heavy atom. The second-order valence-electron chi connectivity index (χ2n) is 2.82. The molecule has 16 heavy (non-hydrogen) atoms. The van der Waals surface area contributed by atoms with Gasteiger partial charge >= 0.3 is 0 Å². The molecule has 2 heterocycles. The molecular weight excluding hydrogens is 228 g/mol. The van der Waals surface area contributed by atoms with Crippen molar-refractivity contribution in [2.75, 3.05) is 0 Å². The van der Waals surface area contributed by atoms with Crippen molar-refractivity contribution in [2.24, 2.45) is 5.73 Å². The molecule has 0 saturated heterocycles. The second kappa shape index (κ2) is 6.76. The van der Waals surface area contributed by atoms with Crippen molar-refractivity contribution in [1.29, 1.82) is 0 Å². The van der Waals surface area contributed by atoms with Crippen molar-refractivity contribution >= 4 is 16.8 Å². The summed E-state index contributed by atoms with van der Waals surface area (Å²) >= 11 is 5.01. The van der Waals surface area contributed by atoms with Gasteiger partial charge in [0.1, 0.15) is 0 Å². The van der Waals surface area contributed by atoms with Gasteiger partial charge in [-0.25, -0.2) is 0 Å². The predicted octanol–water partition coefficient (Wildman–Crippen LogP) is 2.20. The van der Waals surface area contributed by atoms with Crippen LogP contribution >= 0.6 is 11.6 Å². The number of hydrogen-bond acceptors (Lipinski definition) is 4. The van der Waals surface area contributed by atoms with Crippen LogP contribution in [0.1, 0.15) is 16.1 Å². The maximum absolute atomic E-state index is 10.2. The quantitative estimate of drug-likeness (QED) is 0.815. The van der Waals surface area contributed by atoms with Crippen LogP contribution in [0, 0.1) is 0 Å². The summed E-state index contributed by atoms with van der Waals surface area (Å²) in [5, 5.41) is -0.560. The zero-order valence-electron chi connectivity index (χ0n) is 8.47. The molecule has 0 saturated carbocycles. The van der Waals surface area contributed by atoms with Gasteiger partial charge in [-0.05, 0) is 35.4 Å². The topological polar surface area (TPSA) is 69.1 Å². The molecule has 5 heteroatoms. The number of carbonyl (C=O) groups excluding carboxylic acids is 1. The van der Waals surface area contributed by atoms with Crippen LogP contribution in [0.4, 0.5) is 0 Å². The van der Waals surface area contributed by atoms with Crippen LogP contribution in [0.3, 0.4) is 0 Å². The Bertz CT molecular complexity index is 415. The van der Waals surface area contributed by atoms with Crippen molar-refractivity contribution in [1.82, 2.24) is 4.98 Å². The van der Waals surface area contributed by atoms with E-state index in [2.05, 4.69) is 9.40 Å². The first-order valence-electron chi connectivity index (χ1n) is 4.56. The Balaban J connectivity index is 0.000000160. The molecule has 2 aromatic heterocycles. The standard InChI is InChI=1S/C6H8N2.C5H3ClO2/c7-4-6-2-1-3-8-5-6;6-5(7)4-2-1-3-8-4/h1-3,5H,4,7H2;1-3H. The molecule has 2 aromatic rings. The lowest BCUT2D eigenvalue weighted by Crippen LogP contribution is -1.95. The van der Waals surface area contributed by atoms with Gasteiger partial charge in [-0.1, -0.05) is 6.07 Å². The smallest absolute Gasteiger partial charge is 0.287 e. The molecule has 2 N–H and O–H groups in total. The molecule has 0 radical (unpaired) electrons. The minimum absolute atomic E-state index is 0.187. The molecule has 84 valence electrons. The molecule has 0 aliphatic heterocycles. The summed E-state index contributed by atoms with van der Waals surface area (Å²) in [7, 11) is 0. The van der Waals surface area contributed by atoms with Crippen molar-refractivity contribution in [3.05, 3.63) is 54.2 Å². The number of carbonyl (C=O) groups is 1. The second-order valence-corrected chi connectivity index (χ2v) is 3.16. The molecule has 0 aliphatic rings. The van der Waals surface area contributed by atoms with E-state index in [-0.39, 0.29) is 5.76 Å². The van der Waals surface area contributed by atoms with Crippen LogP contribution in [0.15, 0.2) is 47.3 Å². The fourth-order valence-electron chi connectivity index (χ4n) is 0.909. The van der Waals surface area contributed by atoms with Gasteiger partial charge in [0.2, 0.25) is 0 Å². The molecule has 0 aliphatic carbocycles. The van der Waals surface area contributed by atoms with Crippen LogP contribution in [-0.4, -0.2) is 10.2 Å². The highest BCUT2D eigenvalue weighted by Crippen LogP contribution is 2.02. The Hall–Kier alpha value is -1.65. The lowest BCUT2D eigenvalue weighted by atomic mass is 10.3. The minimum Gasteiger partial charge on any atom is -0.460 e. The summed E-state index contributed by atoms with van der Waals surface area (Å²) in [4.78, 5) is 14.1. The van der Waals surface area contributed by atoms with E-state index in [4.69, 9.17) is 17.3 Å². The van der Waals surface area contributed by atoms with Gasteiger partial charge in [0.15, 0.2) is 5.76 Å². The van der Waals surface area contributed by atoms with Gasteiger partial charge in [-0.15, -0.1) is 0 Å². The highest BCUT2D eigenvalue weighted by atomic mass is 35.5. The molecule has 0 aromatic carbocycles. The average molecular weight is 239 g/mol. The monoisotopic (exact) mass is 238 g/mol. The molecule has 0 bridgehead atoms. The van der Waals surface area contributed by atoms with E-state index in [9.17, 15) is 4.79 Å². The summed E-state index contributed by atoms with van der Waals surface area (Å²) in [6.45, 7) is 0.577. The fourth-order valence-corrected chi connectivity index (χ4v) is 1.02. The number of nitrogens with zero attached hydrogens (tertiary/aromatic N) is 1. The molecule has 0 spiro atoms. The van der Waals surface area contributed by atoms with Gasteiger partial charge < -0.3 is 10.2 Å². The minimum atomic E-state index is -0.560. The maximum atomic E-state index is 10.2. The fraction of sp³-hybridized carbons (Fsp3) is 0.0909.